The summed E-state index contributed by atoms with van der Waals surface area (Å²) in [6, 6.07) is 4.62. The molecule has 6 nitrogen and oxygen atoms in total. The Bertz CT molecular complexity index is 634. The van der Waals surface area contributed by atoms with Gasteiger partial charge in [-0.2, -0.15) is 5.10 Å². The van der Waals surface area contributed by atoms with Gasteiger partial charge in [0.1, 0.15) is 0 Å². The second-order valence-corrected chi connectivity index (χ2v) is 4.59. The Kier molecular flexibility index (Phi) is 3.93. The zero-order valence-corrected chi connectivity index (χ0v) is 11.6. The van der Waals surface area contributed by atoms with Crippen LogP contribution in [0.4, 0.5) is 11.4 Å². The van der Waals surface area contributed by atoms with Crippen LogP contribution in [0.15, 0.2) is 24.4 Å². The molecule has 20 heavy (non-hydrogen) atoms. The third-order valence-corrected chi connectivity index (χ3v) is 3.10. The number of aromatic nitrogens is 2. The molecule has 0 fully saturated rings. The first kappa shape index (κ1) is 13.9. The Balaban J connectivity index is 2.18. The van der Waals surface area contributed by atoms with Gasteiger partial charge in [-0.3, -0.25) is 4.68 Å². The summed E-state index contributed by atoms with van der Waals surface area (Å²) in [5.41, 5.74) is 9.31. The summed E-state index contributed by atoms with van der Waals surface area (Å²) in [4.78, 5) is 11.0. The molecule has 0 bridgehead atoms. The quantitative estimate of drug-likeness (QED) is 0.724. The minimum Gasteiger partial charge on any atom is -0.478 e. The number of nitrogen functional groups attached to an aromatic ring is 1. The summed E-state index contributed by atoms with van der Waals surface area (Å²) < 4.78 is 1.77. The summed E-state index contributed by atoms with van der Waals surface area (Å²) in [6.45, 7) is 2.61. The first-order valence-corrected chi connectivity index (χ1v) is 6.39. The fourth-order valence-electron chi connectivity index (χ4n) is 2.06. The van der Waals surface area contributed by atoms with E-state index in [0.717, 1.165) is 17.7 Å². The van der Waals surface area contributed by atoms with Crippen molar-refractivity contribution in [1.29, 1.82) is 0 Å². The van der Waals surface area contributed by atoms with Gasteiger partial charge in [0, 0.05) is 25.4 Å². The van der Waals surface area contributed by atoms with E-state index in [4.69, 9.17) is 10.8 Å². The summed E-state index contributed by atoms with van der Waals surface area (Å²) in [7, 11) is 1.88. The molecule has 0 saturated carbocycles. The molecule has 2 rings (SSSR count). The number of carbonyl (C=O) groups is 1. The lowest BCUT2D eigenvalue weighted by molar-refractivity contribution is 0.0697. The van der Waals surface area contributed by atoms with E-state index < -0.39 is 5.97 Å². The highest BCUT2D eigenvalue weighted by molar-refractivity contribution is 5.90. The molecule has 106 valence electrons. The number of anilines is 2. The molecule has 0 unspecified atom stereocenters. The van der Waals surface area contributed by atoms with Crippen molar-refractivity contribution < 1.29 is 9.90 Å². The van der Waals surface area contributed by atoms with Crippen LogP contribution in [-0.2, 0) is 20.0 Å². The van der Waals surface area contributed by atoms with E-state index in [0.29, 0.717) is 17.9 Å². The second-order valence-electron chi connectivity index (χ2n) is 4.59. The van der Waals surface area contributed by atoms with E-state index >= 15 is 0 Å². The van der Waals surface area contributed by atoms with Crippen LogP contribution in [0.25, 0.3) is 0 Å². The molecule has 0 aliphatic heterocycles. The van der Waals surface area contributed by atoms with Crippen LogP contribution in [0.2, 0.25) is 0 Å². The third kappa shape index (κ3) is 2.90. The first-order chi connectivity index (χ1) is 9.51. The van der Waals surface area contributed by atoms with Crippen LogP contribution in [0.3, 0.4) is 0 Å². The van der Waals surface area contributed by atoms with Crippen LogP contribution < -0.4 is 11.1 Å². The zero-order valence-electron chi connectivity index (χ0n) is 11.6. The molecule has 1 aromatic heterocycles. The molecule has 1 heterocycles. The molecule has 0 atom stereocenters. The molecule has 0 radical (unpaired) electrons. The molecular weight excluding hydrogens is 256 g/mol. The summed E-state index contributed by atoms with van der Waals surface area (Å²) in [6.07, 6.45) is 2.80. The zero-order chi connectivity index (χ0) is 14.7. The maximum atomic E-state index is 11.0. The number of rotatable bonds is 5. The van der Waals surface area contributed by atoms with Gasteiger partial charge in [0.15, 0.2) is 0 Å². The van der Waals surface area contributed by atoms with Gasteiger partial charge in [0.2, 0.25) is 0 Å². The van der Waals surface area contributed by atoms with Crippen LogP contribution in [0.5, 0.6) is 0 Å². The Morgan fingerprint density at radius 3 is 2.90 bits per heavy atom. The molecule has 0 spiro atoms. The average molecular weight is 274 g/mol. The molecule has 0 amide bonds. The monoisotopic (exact) mass is 274 g/mol. The number of carboxylic acids is 1. The van der Waals surface area contributed by atoms with Gasteiger partial charge in [0.25, 0.3) is 0 Å². The standard InChI is InChI=1S/C14H18N4O2/c1-3-12-10(8-18(2)17-12)7-16-13-6-9(14(19)20)4-5-11(13)15/h4-6,8,16H,3,7,15H2,1-2H3,(H,19,20). The van der Waals surface area contributed by atoms with Crippen molar-refractivity contribution in [2.45, 2.75) is 19.9 Å². The molecule has 4 N–H and O–H groups in total. The molecule has 0 aliphatic rings. The lowest BCUT2D eigenvalue weighted by Gasteiger charge is -2.10. The normalized spacial score (nSPS) is 10.5. The number of benzene rings is 1. The van der Waals surface area contributed by atoms with Crippen molar-refractivity contribution in [1.82, 2.24) is 9.78 Å². The molecule has 2 aromatic rings. The van der Waals surface area contributed by atoms with Gasteiger partial charge in [-0.1, -0.05) is 6.92 Å². The second kappa shape index (κ2) is 5.64. The topological polar surface area (TPSA) is 93.2 Å². The SMILES string of the molecule is CCc1nn(C)cc1CNc1cc(C(=O)O)ccc1N. The van der Waals surface area contributed by atoms with E-state index in [1.807, 2.05) is 20.2 Å². The smallest absolute Gasteiger partial charge is 0.335 e. The number of carboxylic acid groups (broad SMARTS) is 1. The number of nitrogens with two attached hydrogens (primary N) is 1. The lowest BCUT2D eigenvalue weighted by atomic mass is 10.1. The number of hydrogen-bond acceptors (Lipinski definition) is 4. The largest absolute Gasteiger partial charge is 0.478 e. The van der Waals surface area contributed by atoms with Crippen molar-refractivity contribution in [2.75, 3.05) is 11.1 Å². The highest BCUT2D eigenvalue weighted by Gasteiger charge is 2.09. The fourth-order valence-corrected chi connectivity index (χ4v) is 2.06. The van der Waals surface area contributed by atoms with E-state index in [-0.39, 0.29) is 5.56 Å². The Hall–Kier alpha value is -2.50. The number of aromatic carboxylic acids is 1. The molecule has 0 saturated heterocycles. The molecule has 6 heteroatoms. The van der Waals surface area contributed by atoms with Crippen molar-refractivity contribution >= 4 is 17.3 Å². The van der Waals surface area contributed by atoms with Crippen LogP contribution in [0.1, 0.15) is 28.5 Å². The van der Waals surface area contributed by atoms with Gasteiger partial charge in [-0.15, -0.1) is 0 Å². The highest BCUT2D eigenvalue weighted by atomic mass is 16.4. The van der Waals surface area contributed by atoms with Crippen molar-refractivity contribution in [2.24, 2.45) is 7.05 Å². The van der Waals surface area contributed by atoms with Gasteiger partial charge in [-0.05, 0) is 24.6 Å². The fraction of sp³-hybridized carbons (Fsp3) is 0.286. The van der Waals surface area contributed by atoms with E-state index in [2.05, 4.69) is 10.4 Å². The molecule has 0 aliphatic carbocycles. The lowest BCUT2D eigenvalue weighted by Crippen LogP contribution is -2.05. The van der Waals surface area contributed by atoms with Crippen LogP contribution >= 0.6 is 0 Å². The molecule has 1 aromatic carbocycles. The van der Waals surface area contributed by atoms with Crippen molar-refractivity contribution in [3.05, 3.63) is 41.2 Å². The van der Waals surface area contributed by atoms with Gasteiger partial charge in [-0.25, -0.2) is 4.79 Å². The summed E-state index contributed by atoms with van der Waals surface area (Å²) in [5, 5.41) is 16.5. The predicted octanol–water partition coefficient (Wildman–Crippen LogP) is 1.88. The van der Waals surface area contributed by atoms with E-state index in [1.165, 1.54) is 6.07 Å². The predicted molar refractivity (Wildman–Crippen MR) is 77.7 cm³/mol. The third-order valence-electron chi connectivity index (χ3n) is 3.10. The van der Waals surface area contributed by atoms with E-state index in [9.17, 15) is 4.79 Å². The first-order valence-electron chi connectivity index (χ1n) is 6.39. The van der Waals surface area contributed by atoms with Crippen molar-refractivity contribution in [3.8, 4) is 0 Å². The molecular formula is C14H18N4O2. The van der Waals surface area contributed by atoms with Crippen LogP contribution in [0, 0.1) is 0 Å². The minimum atomic E-state index is -0.969. The number of aryl methyl sites for hydroxylation is 2. The number of hydrogen-bond donors (Lipinski definition) is 3. The van der Waals surface area contributed by atoms with E-state index in [1.54, 1.807) is 16.8 Å². The van der Waals surface area contributed by atoms with Gasteiger partial charge < -0.3 is 16.2 Å². The van der Waals surface area contributed by atoms with Crippen LogP contribution in [-0.4, -0.2) is 20.9 Å². The highest BCUT2D eigenvalue weighted by Crippen LogP contribution is 2.21. The van der Waals surface area contributed by atoms with Crippen molar-refractivity contribution in [3.63, 3.8) is 0 Å². The summed E-state index contributed by atoms with van der Waals surface area (Å²) >= 11 is 0. The minimum absolute atomic E-state index is 0.212. The maximum Gasteiger partial charge on any atom is 0.335 e. The van der Waals surface area contributed by atoms with Gasteiger partial charge >= 0.3 is 5.97 Å². The van der Waals surface area contributed by atoms with Gasteiger partial charge in [0.05, 0.1) is 22.6 Å². The summed E-state index contributed by atoms with van der Waals surface area (Å²) in [5.74, 6) is -0.969. The Morgan fingerprint density at radius 1 is 1.50 bits per heavy atom. The Labute approximate surface area is 117 Å². The Morgan fingerprint density at radius 2 is 2.25 bits per heavy atom. The maximum absolute atomic E-state index is 11.0. The number of nitrogens with one attached hydrogen (secondary N) is 1. The number of nitrogens with zero attached hydrogens (tertiary/aromatic N) is 2. The average Bonchev–Trinajstić information content (AvgIpc) is 2.77.